The molecule has 2 atom stereocenters. The van der Waals surface area contributed by atoms with Crippen LogP contribution in [-0.2, 0) is 18.3 Å². The van der Waals surface area contributed by atoms with E-state index in [1.165, 1.54) is 19.4 Å². The van der Waals surface area contributed by atoms with Gasteiger partial charge in [-0.25, -0.2) is 9.79 Å². The van der Waals surface area contributed by atoms with Crippen molar-refractivity contribution in [3.8, 4) is 0 Å². The van der Waals surface area contributed by atoms with Crippen LogP contribution in [0.1, 0.15) is 58.6 Å². The molecule has 0 spiro atoms. The lowest BCUT2D eigenvalue weighted by molar-refractivity contribution is 0.0507. The summed E-state index contributed by atoms with van der Waals surface area (Å²) in [7, 11) is 1.96. The first kappa shape index (κ1) is 24.3. The molecule has 3 heterocycles. The molecule has 2 aliphatic heterocycles. The van der Waals surface area contributed by atoms with Crippen LogP contribution in [0.15, 0.2) is 4.99 Å². The molecule has 2 fully saturated rings. The summed E-state index contributed by atoms with van der Waals surface area (Å²) in [6.07, 6.45) is 2.94. The predicted molar refractivity (Wildman–Crippen MR) is 124 cm³/mol. The second-order valence-electron chi connectivity index (χ2n) is 9.75. The van der Waals surface area contributed by atoms with Crippen LogP contribution in [0.5, 0.6) is 0 Å². The summed E-state index contributed by atoms with van der Waals surface area (Å²) in [5.74, 6) is 2.57. The molecule has 3 rings (SSSR count). The Balaban J connectivity index is 1.64. The van der Waals surface area contributed by atoms with Crippen LogP contribution in [0.4, 0.5) is 4.79 Å². The number of carbonyl (C=O) groups is 1. The zero-order valence-corrected chi connectivity index (χ0v) is 20.5. The maximum absolute atomic E-state index is 12.2. The van der Waals surface area contributed by atoms with Gasteiger partial charge in [-0.15, -0.1) is 10.2 Å². The van der Waals surface area contributed by atoms with Gasteiger partial charge in [0.2, 0.25) is 0 Å². The maximum atomic E-state index is 12.2. The summed E-state index contributed by atoms with van der Waals surface area (Å²) in [5.41, 5.74) is -0.503. The standard InChI is InChI=1S/C22H40N8O2/c1-7-29-11-8-9-18(29)13-23-20(24-14-19-27-26-16(2)28(19)6)30-12-10-17(15-30)25-21(31)32-22(3,4)5/h17-18H,7-15H2,1-6H3,(H,23,24)(H,25,31). The number of rotatable bonds is 6. The number of nitrogens with zero attached hydrogens (tertiary/aromatic N) is 6. The minimum atomic E-state index is -0.503. The lowest BCUT2D eigenvalue weighted by Crippen LogP contribution is -2.47. The van der Waals surface area contributed by atoms with Crippen LogP contribution < -0.4 is 10.6 Å². The van der Waals surface area contributed by atoms with Crippen LogP contribution >= 0.6 is 0 Å². The summed E-state index contributed by atoms with van der Waals surface area (Å²) in [6, 6.07) is 0.563. The summed E-state index contributed by atoms with van der Waals surface area (Å²) in [6.45, 7) is 14.9. The highest BCUT2D eigenvalue weighted by Crippen LogP contribution is 2.17. The van der Waals surface area contributed by atoms with E-state index in [0.717, 1.165) is 43.7 Å². The molecule has 10 heteroatoms. The average Bonchev–Trinajstić information content (AvgIpc) is 3.43. The van der Waals surface area contributed by atoms with Gasteiger partial charge in [-0.05, 0) is 60.0 Å². The number of aliphatic imine (C=N–C) groups is 1. The molecule has 180 valence electrons. The molecule has 0 bridgehead atoms. The quantitative estimate of drug-likeness (QED) is 0.504. The Labute approximate surface area is 191 Å². The molecule has 10 nitrogen and oxygen atoms in total. The Kier molecular flexibility index (Phi) is 7.97. The fourth-order valence-corrected chi connectivity index (χ4v) is 4.30. The highest BCUT2D eigenvalue weighted by molar-refractivity contribution is 5.80. The Bertz CT molecular complexity index is 800. The number of likely N-dealkylation sites (N-methyl/N-ethyl adjacent to an activating group) is 1. The van der Waals surface area contributed by atoms with Crippen molar-refractivity contribution in [3.63, 3.8) is 0 Å². The third kappa shape index (κ3) is 6.57. The van der Waals surface area contributed by atoms with Crippen molar-refractivity contribution >= 4 is 12.1 Å². The zero-order chi connectivity index (χ0) is 23.3. The Morgan fingerprint density at radius 3 is 2.69 bits per heavy atom. The number of aromatic nitrogens is 3. The molecule has 1 aromatic heterocycles. The van der Waals surface area contributed by atoms with E-state index in [-0.39, 0.29) is 12.1 Å². The van der Waals surface area contributed by atoms with Crippen LogP contribution in [0.25, 0.3) is 0 Å². The summed E-state index contributed by atoms with van der Waals surface area (Å²) >= 11 is 0. The topological polar surface area (TPSA) is 99.9 Å². The molecular formula is C22H40N8O2. The predicted octanol–water partition coefficient (Wildman–Crippen LogP) is 1.65. The highest BCUT2D eigenvalue weighted by atomic mass is 16.6. The average molecular weight is 449 g/mol. The van der Waals surface area contributed by atoms with Gasteiger partial charge in [0.1, 0.15) is 18.0 Å². The van der Waals surface area contributed by atoms with Crippen molar-refractivity contribution in [1.82, 2.24) is 35.2 Å². The monoisotopic (exact) mass is 448 g/mol. The van der Waals surface area contributed by atoms with Gasteiger partial charge < -0.3 is 24.8 Å². The lowest BCUT2D eigenvalue weighted by atomic mass is 10.2. The third-order valence-electron chi connectivity index (χ3n) is 6.16. The summed E-state index contributed by atoms with van der Waals surface area (Å²) in [4.78, 5) is 21.8. The smallest absolute Gasteiger partial charge is 0.407 e. The van der Waals surface area contributed by atoms with E-state index in [2.05, 4.69) is 37.6 Å². The van der Waals surface area contributed by atoms with Crippen LogP contribution in [0, 0.1) is 6.92 Å². The molecule has 0 saturated carbocycles. The molecule has 2 unspecified atom stereocenters. The van der Waals surface area contributed by atoms with E-state index < -0.39 is 5.60 Å². The van der Waals surface area contributed by atoms with E-state index in [1.54, 1.807) is 0 Å². The molecule has 32 heavy (non-hydrogen) atoms. The van der Waals surface area contributed by atoms with Crippen LogP contribution in [0.2, 0.25) is 0 Å². The van der Waals surface area contributed by atoms with E-state index >= 15 is 0 Å². The van der Waals surface area contributed by atoms with Gasteiger partial charge in [-0.2, -0.15) is 0 Å². The van der Waals surface area contributed by atoms with Gasteiger partial charge in [-0.3, -0.25) is 4.90 Å². The van der Waals surface area contributed by atoms with Crippen LogP contribution in [-0.4, -0.2) is 87.0 Å². The van der Waals surface area contributed by atoms with Crippen molar-refractivity contribution in [3.05, 3.63) is 11.6 Å². The van der Waals surface area contributed by atoms with E-state index in [1.807, 2.05) is 39.3 Å². The number of aryl methyl sites for hydroxylation is 1. The third-order valence-corrected chi connectivity index (χ3v) is 6.16. The van der Waals surface area contributed by atoms with Crippen molar-refractivity contribution in [2.24, 2.45) is 12.0 Å². The van der Waals surface area contributed by atoms with Crippen molar-refractivity contribution in [2.75, 3.05) is 32.7 Å². The van der Waals surface area contributed by atoms with Gasteiger partial charge in [0, 0.05) is 32.7 Å². The van der Waals surface area contributed by atoms with Gasteiger partial charge in [0.15, 0.2) is 11.8 Å². The fraction of sp³-hybridized carbons (Fsp3) is 0.818. The molecule has 0 radical (unpaired) electrons. The number of alkyl carbamates (subject to hydrolysis) is 1. The molecule has 1 amide bonds. The molecule has 2 N–H and O–H groups in total. The van der Waals surface area contributed by atoms with Gasteiger partial charge in [0.05, 0.1) is 6.04 Å². The second kappa shape index (κ2) is 10.5. The molecule has 2 saturated heterocycles. The molecule has 0 aromatic carbocycles. The SMILES string of the molecule is CCN1CCCC1CNC(=NCc1nnc(C)n1C)N1CCC(NC(=O)OC(C)(C)C)C1. The Morgan fingerprint density at radius 2 is 2.03 bits per heavy atom. The molecule has 0 aliphatic carbocycles. The van der Waals surface area contributed by atoms with E-state index in [4.69, 9.17) is 9.73 Å². The minimum Gasteiger partial charge on any atom is -0.444 e. The van der Waals surface area contributed by atoms with Crippen molar-refractivity contribution in [2.45, 2.75) is 78.1 Å². The first-order chi connectivity index (χ1) is 15.2. The number of ether oxygens (including phenoxy) is 1. The van der Waals surface area contributed by atoms with Gasteiger partial charge in [-0.1, -0.05) is 6.92 Å². The summed E-state index contributed by atoms with van der Waals surface area (Å²) < 4.78 is 7.38. The Hall–Kier alpha value is -2.36. The number of likely N-dealkylation sites (tertiary alicyclic amines) is 2. The molecule has 1 aromatic rings. The van der Waals surface area contributed by atoms with E-state index in [0.29, 0.717) is 19.1 Å². The molecule has 2 aliphatic rings. The number of nitrogens with one attached hydrogen (secondary N) is 2. The normalized spacial score (nSPS) is 22.4. The van der Waals surface area contributed by atoms with Gasteiger partial charge >= 0.3 is 6.09 Å². The Morgan fingerprint density at radius 1 is 1.25 bits per heavy atom. The van der Waals surface area contributed by atoms with Crippen molar-refractivity contribution < 1.29 is 9.53 Å². The van der Waals surface area contributed by atoms with Crippen molar-refractivity contribution in [1.29, 1.82) is 0 Å². The number of carbonyl (C=O) groups excluding carboxylic acids is 1. The number of guanidine groups is 1. The number of hydrogen-bond donors (Lipinski definition) is 2. The largest absolute Gasteiger partial charge is 0.444 e. The number of amides is 1. The summed E-state index contributed by atoms with van der Waals surface area (Å²) in [5, 5.41) is 15.0. The van der Waals surface area contributed by atoms with E-state index in [9.17, 15) is 4.79 Å². The van der Waals surface area contributed by atoms with Gasteiger partial charge in [0.25, 0.3) is 0 Å². The first-order valence-corrected chi connectivity index (χ1v) is 11.8. The minimum absolute atomic E-state index is 0.0348. The highest BCUT2D eigenvalue weighted by Gasteiger charge is 2.29. The lowest BCUT2D eigenvalue weighted by Gasteiger charge is -2.27. The maximum Gasteiger partial charge on any atom is 0.407 e. The van der Waals surface area contributed by atoms with Crippen LogP contribution in [0.3, 0.4) is 0 Å². The number of hydrogen-bond acceptors (Lipinski definition) is 6. The fourth-order valence-electron chi connectivity index (χ4n) is 4.30. The first-order valence-electron chi connectivity index (χ1n) is 11.8. The zero-order valence-electron chi connectivity index (χ0n) is 20.5. The molecular weight excluding hydrogens is 408 g/mol. The second-order valence-corrected chi connectivity index (χ2v) is 9.75.